The molecule has 3 atom stereocenters. The second-order valence-electron chi connectivity index (χ2n) is 7.70. The smallest absolute Gasteiger partial charge is 0.326 e. The lowest BCUT2D eigenvalue weighted by molar-refractivity contribution is -0.149. The molecule has 1 saturated heterocycles. The standard InChI is InChI=1S/C20H29N3O5/c1-12(2)10-15(21)18(25)22-16(11-13-5-7-14(24)8-6-13)19(26)23-9-3-4-17(23)20(27)28/h5-8,12,15-17,24H,3-4,9-11,21H2,1-2H3,(H,22,25)(H,27,28)/t15-,16-,17+/m0/s1. The number of hydrogen-bond donors (Lipinski definition) is 4. The van der Waals surface area contributed by atoms with E-state index in [2.05, 4.69) is 5.32 Å². The number of carboxylic acids is 1. The van der Waals surface area contributed by atoms with Gasteiger partial charge in [-0.25, -0.2) is 4.79 Å². The van der Waals surface area contributed by atoms with Crippen molar-refractivity contribution in [2.24, 2.45) is 11.7 Å². The highest BCUT2D eigenvalue weighted by Gasteiger charge is 2.38. The molecule has 1 fully saturated rings. The Labute approximate surface area is 164 Å². The van der Waals surface area contributed by atoms with Crippen molar-refractivity contribution >= 4 is 17.8 Å². The first kappa shape index (κ1) is 21.7. The fourth-order valence-corrected chi connectivity index (χ4v) is 3.45. The monoisotopic (exact) mass is 391 g/mol. The van der Waals surface area contributed by atoms with Crippen molar-refractivity contribution in [1.29, 1.82) is 0 Å². The number of aromatic hydroxyl groups is 1. The molecule has 8 heteroatoms. The number of benzene rings is 1. The number of aliphatic carboxylic acids is 1. The van der Waals surface area contributed by atoms with E-state index in [0.29, 0.717) is 25.8 Å². The van der Waals surface area contributed by atoms with E-state index in [1.807, 2.05) is 13.8 Å². The molecular formula is C20H29N3O5. The quantitative estimate of drug-likeness (QED) is 0.520. The zero-order valence-electron chi connectivity index (χ0n) is 16.3. The molecule has 1 aromatic rings. The molecule has 0 aromatic heterocycles. The summed E-state index contributed by atoms with van der Waals surface area (Å²) < 4.78 is 0. The number of carbonyl (C=O) groups is 3. The van der Waals surface area contributed by atoms with Gasteiger partial charge in [0.05, 0.1) is 6.04 Å². The van der Waals surface area contributed by atoms with Crippen molar-refractivity contribution in [3.05, 3.63) is 29.8 Å². The third-order valence-corrected chi connectivity index (χ3v) is 4.87. The summed E-state index contributed by atoms with van der Waals surface area (Å²) >= 11 is 0. The van der Waals surface area contributed by atoms with Crippen molar-refractivity contribution in [2.75, 3.05) is 6.54 Å². The topological polar surface area (TPSA) is 133 Å². The molecule has 0 unspecified atom stereocenters. The Morgan fingerprint density at radius 2 is 1.89 bits per heavy atom. The van der Waals surface area contributed by atoms with Crippen LogP contribution in [0.2, 0.25) is 0 Å². The number of nitrogens with two attached hydrogens (primary N) is 1. The SMILES string of the molecule is CC(C)C[C@H](N)C(=O)N[C@@H](Cc1ccc(O)cc1)C(=O)N1CCC[C@@H]1C(=O)O. The minimum absolute atomic E-state index is 0.0973. The van der Waals surface area contributed by atoms with Gasteiger partial charge in [-0.05, 0) is 42.9 Å². The Morgan fingerprint density at radius 1 is 1.25 bits per heavy atom. The summed E-state index contributed by atoms with van der Waals surface area (Å²) in [7, 11) is 0. The maximum Gasteiger partial charge on any atom is 0.326 e. The molecule has 0 saturated carbocycles. The maximum atomic E-state index is 13.1. The molecule has 1 aliphatic rings. The van der Waals surface area contributed by atoms with Gasteiger partial charge in [-0.15, -0.1) is 0 Å². The van der Waals surface area contributed by atoms with Crippen molar-refractivity contribution in [2.45, 2.75) is 57.7 Å². The lowest BCUT2D eigenvalue weighted by Gasteiger charge is -2.28. The maximum absolute atomic E-state index is 13.1. The van der Waals surface area contributed by atoms with Crippen LogP contribution in [0.3, 0.4) is 0 Å². The van der Waals surface area contributed by atoms with Crippen LogP contribution in [-0.2, 0) is 20.8 Å². The molecule has 8 nitrogen and oxygen atoms in total. The van der Waals surface area contributed by atoms with Gasteiger partial charge in [0.25, 0.3) is 0 Å². The second-order valence-corrected chi connectivity index (χ2v) is 7.70. The Bertz CT molecular complexity index is 704. The van der Waals surface area contributed by atoms with Crippen LogP contribution in [0.1, 0.15) is 38.7 Å². The summed E-state index contributed by atoms with van der Waals surface area (Å²) in [5, 5.41) is 21.5. The van der Waals surface area contributed by atoms with E-state index >= 15 is 0 Å². The summed E-state index contributed by atoms with van der Waals surface area (Å²) in [5.41, 5.74) is 6.68. The lowest BCUT2D eigenvalue weighted by atomic mass is 10.0. The summed E-state index contributed by atoms with van der Waals surface area (Å²) in [6.45, 7) is 4.25. The molecule has 5 N–H and O–H groups in total. The van der Waals surface area contributed by atoms with E-state index in [0.717, 1.165) is 5.56 Å². The van der Waals surface area contributed by atoms with Crippen molar-refractivity contribution in [3.63, 3.8) is 0 Å². The number of carboxylic acid groups (broad SMARTS) is 1. The summed E-state index contributed by atoms with van der Waals surface area (Å²) in [5.74, 6) is -1.58. The van der Waals surface area contributed by atoms with Gasteiger partial charge in [-0.3, -0.25) is 9.59 Å². The van der Waals surface area contributed by atoms with E-state index in [1.165, 1.54) is 17.0 Å². The minimum Gasteiger partial charge on any atom is -0.508 e. The number of carbonyl (C=O) groups excluding carboxylic acids is 2. The third-order valence-electron chi connectivity index (χ3n) is 4.87. The summed E-state index contributed by atoms with van der Waals surface area (Å²) in [4.78, 5) is 38.4. The highest BCUT2D eigenvalue weighted by Crippen LogP contribution is 2.20. The number of hydrogen-bond acceptors (Lipinski definition) is 5. The van der Waals surface area contributed by atoms with E-state index in [9.17, 15) is 24.6 Å². The van der Waals surface area contributed by atoms with Gasteiger partial charge in [-0.2, -0.15) is 0 Å². The van der Waals surface area contributed by atoms with Crippen LogP contribution in [0.5, 0.6) is 5.75 Å². The molecule has 2 amide bonds. The fourth-order valence-electron chi connectivity index (χ4n) is 3.45. The molecule has 28 heavy (non-hydrogen) atoms. The second kappa shape index (κ2) is 9.54. The summed E-state index contributed by atoms with van der Waals surface area (Å²) in [6.07, 6.45) is 1.67. The van der Waals surface area contributed by atoms with Crippen LogP contribution in [0.4, 0.5) is 0 Å². The number of amides is 2. The van der Waals surface area contributed by atoms with Gasteiger partial charge < -0.3 is 26.2 Å². The first-order valence-corrected chi connectivity index (χ1v) is 9.56. The molecule has 1 aromatic carbocycles. The molecule has 1 aliphatic heterocycles. The number of nitrogens with zero attached hydrogens (tertiary/aromatic N) is 1. The van der Waals surface area contributed by atoms with Crippen LogP contribution in [0.25, 0.3) is 0 Å². The Morgan fingerprint density at radius 3 is 2.46 bits per heavy atom. The predicted molar refractivity (Wildman–Crippen MR) is 104 cm³/mol. The number of phenolic OH excluding ortho intramolecular Hbond substituents is 1. The Hall–Kier alpha value is -2.61. The predicted octanol–water partition coefficient (Wildman–Crippen LogP) is 0.869. The fraction of sp³-hybridized carbons (Fsp3) is 0.550. The first-order valence-electron chi connectivity index (χ1n) is 9.56. The van der Waals surface area contributed by atoms with Gasteiger partial charge >= 0.3 is 5.97 Å². The first-order chi connectivity index (χ1) is 13.2. The average Bonchev–Trinajstić information content (AvgIpc) is 3.11. The summed E-state index contributed by atoms with van der Waals surface area (Å²) in [6, 6.07) is 3.77. The lowest BCUT2D eigenvalue weighted by Crippen LogP contribution is -2.55. The van der Waals surface area contributed by atoms with E-state index in [-0.39, 0.29) is 18.1 Å². The molecule has 0 aliphatic carbocycles. The average molecular weight is 391 g/mol. The van der Waals surface area contributed by atoms with Gasteiger partial charge in [0, 0.05) is 13.0 Å². The molecule has 2 rings (SSSR count). The van der Waals surface area contributed by atoms with E-state index < -0.39 is 35.9 Å². The zero-order valence-corrected chi connectivity index (χ0v) is 16.3. The normalized spacial score (nSPS) is 18.7. The Kier molecular flexibility index (Phi) is 7.39. The number of rotatable bonds is 8. The van der Waals surface area contributed by atoms with Crippen LogP contribution in [0, 0.1) is 5.92 Å². The zero-order chi connectivity index (χ0) is 20.8. The minimum atomic E-state index is -1.04. The van der Waals surface area contributed by atoms with E-state index in [1.54, 1.807) is 12.1 Å². The van der Waals surface area contributed by atoms with Crippen molar-refractivity contribution in [3.8, 4) is 5.75 Å². The van der Waals surface area contributed by atoms with Gasteiger partial charge in [0.1, 0.15) is 17.8 Å². The molecule has 0 bridgehead atoms. The van der Waals surface area contributed by atoms with Gasteiger partial charge in [-0.1, -0.05) is 26.0 Å². The largest absolute Gasteiger partial charge is 0.508 e. The van der Waals surface area contributed by atoms with E-state index in [4.69, 9.17) is 5.73 Å². The molecule has 0 spiro atoms. The van der Waals surface area contributed by atoms with Gasteiger partial charge in [0.15, 0.2) is 0 Å². The highest BCUT2D eigenvalue weighted by atomic mass is 16.4. The molecule has 154 valence electrons. The number of phenols is 1. The van der Waals surface area contributed by atoms with Crippen LogP contribution >= 0.6 is 0 Å². The highest BCUT2D eigenvalue weighted by molar-refractivity contribution is 5.92. The number of likely N-dealkylation sites (tertiary alicyclic amines) is 1. The van der Waals surface area contributed by atoms with Gasteiger partial charge in [0.2, 0.25) is 11.8 Å². The molecular weight excluding hydrogens is 362 g/mol. The molecule has 0 radical (unpaired) electrons. The van der Waals surface area contributed by atoms with Crippen LogP contribution in [-0.4, -0.2) is 57.6 Å². The third kappa shape index (κ3) is 5.69. The van der Waals surface area contributed by atoms with Crippen molar-refractivity contribution < 1.29 is 24.6 Å². The van der Waals surface area contributed by atoms with Crippen LogP contribution < -0.4 is 11.1 Å². The number of nitrogens with one attached hydrogen (secondary N) is 1. The molecule has 1 heterocycles. The van der Waals surface area contributed by atoms with Crippen molar-refractivity contribution in [1.82, 2.24) is 10.2 Å². The van der Waals surface area contributed by atoms with Crippen LogP contribution in [0.15, 0.2) is 24.3 Å². The Balaban J connectivity index is 2.19.